The van der Waals surface area contributed by atoms with Gasteiger partial charge >= 0.3 is 5.97 Å². The maximum Gasteiger partial charge on any atom is 0.344 e. The maximum absolute atomic E-state index is 11.9. The van der Waals surface area contributed by atoms with Crippen LogP contribution in [0.25, 0.3) is 0 Å². The number of esters is 1. The topological polar surface area (TPSA) is 83.1 Å². The van der Waals surface area contributed by atoms with Gasteiger partial charge in [-0.1, -0.05) is 24.3 Å². The van der Waals surface area contributed by atoms with Crippen molar-refractivity contribution in [2.45, 2.75) is 32.4 Å². The van der Waals surface area contributed by atoms with Crippen molar-refractivity contribution in [3.63, 3.8) is 0 Å². The summed E-state index contributed by atoms with van der Waals surface area (Å²) in [4.78, 5) is 23.8. The number of carbonyl (C=O) groups excluding carboxylic acids is 2. The largest absolute Gasteiger partial charge is 0.497 e. The molecule has 1 aliphatic rings. The first-order chi connectivity index (χ1) is 13.9. The Morgan fingerprint density at radius 2 is 1.86 bits per heavy atom. The summed E-state index contributed by atoms with van der Waals surface area (Å²) < 4.78 is 21.5. The van der Waals surface area contributed by atoms with E-state index >= 15 is 0 Å². The predicted molar refractivity (Wildman–Crippen MR) is 106 cm³/mol. The van der Waals surface area contributed by atoms with Crippen LogP contribution < -0.4 is 19.5 Å². The van der Waals surface area contributed by atoms with E-state index in [4.69, 9.17) is 18.9 Å². The lowest BCUT2D eigenvalue weighted by molar-refractivity contribution is -0.150. The third kappa shape index (κ3) is 5.63. The average molecular weight is 399 g/mol. The Balaban J connectivity index is 1.40. The zero-order valence-electron chi connectivity index (χ0n) is 16.8. The van der Waals surface area contributed by atoms with Gasteiger partial charge in [-0.15, -0.1) is 0 Å². The Morgan fingerprint density at radius 1 is 1.10 bits per heavy atom. The highest BCUT2D eigenvalue weighted by Crippen LogP contribution is 2.41. The van der Waals surface area contributed by atoms with E-state index in [2.05, 4.69) is 5.32 Å². The number of rotatable bonds is 8. The fraction of sp³-hybridized carbons (Fsp3) is 0.364. The molecule has 7 nitrogen and oxygen atoms in total. The standard InChI is InChI=1S/C22H25NO6/c1-22(2)11-16-5-4-6-18(21(16)29-22)27-14-20(25)28-13-19(24)23-12-15-7-9-17(26-3)10-8-15/h4-10H,11-14H2,1-3H3,(H,23,24). The molecule has 1 N–H and O–H groups in total. The number of methoxy groups -OCH3 is 1. The summed E-state index contributed by atoms with van der Waals surface area (Å²) in [6, 6.07) is 12.9. The quantitative estimate of drug-likeness (QED) is 0.687. The van der Waals surface area contributed by atoms with E-state index in [1.54, 1.807) is 13.2 Å². The SMILES string of the molecule is COc1ccc(CNC(=O)COC(=O)COc2cccc3c2OC(C)(C)C3)cc1. The Hall–Kier alpha value is -3.22. The van der Waals surface area contributed by atoms with Crippen molar-refractivity contribution < 1.29 is 28.5 Å². The van der Waals surface area contributed by atoms with Gasteiger partial charge in [0.15, 0.2) is 24.7 Å². The van der Waals surface area contributed by atoms with Gasteiger partial charge in [0, 0.05) is 18.5 Å². The van der Waals surface area contributed by atoms with Crippen LogP contribution in [0.15, 0.2) is 42.5 Å². The molecular weight excluding hydrogens is 374 g/mol. The van der Waals surface area contributed by atoms with Crippen molar-refractivity contribution in [2.24, 2.45) is 0 Å². The molecule has 154 valence electrons. The summed E-state index contributed by atoms with van der Waals surface area (Å²) in [5, 5.41) is 2.69. The molecule has 0 aliphatic carbocycles. The van der Waals surface area contributed by atoms with E-state index in [-0.39, 0.29) is 24.7 Å². The van der Waals surface area contributed by atoms with Gasteiger partial charge in [0.2, 0.25) is 0 Å². The first-order valence-electron chi connectivity index (χ1n) is 9.35. The molecule has 0 saturated carbocycles. The van der Waals surface area contributed by atoms with Crippen LogP contribution in [-0.2, 0) is 27.3 Å². The number of nitrogens with one attached hydrogen (secondary N) is 1. The van der Waals surface area contributed by atoms with Crippen LogP contribution in [0.5, 0.6) is 17.2 Å². The molecule has 2 aromatic rings. The van der Waals surface area contributed by atoms with E-state index in [1.165, 1.54) is 0 Å². The minimum atomic E-state index is -0.626. The van der Waals surface area contributed by atoms with Crippen LogP contribution in [0.4, 0.5) is 0 Å². The second kappa shape index (κ2) is 8.86. The second-order valence-corrected chi connectivity index (χ2v) is 7.36. The minimum Gasteiger partial charge on any atom is -0.497 e. The van der Waals surface area contributed by atoms with Gasteiger partial charge in [0.25, 0.3) is 5.91 Å². The van der Waals surface area contributed by atoms with Gasteiger partial charge in [-0.2, -0.15) is 0 Å². The van der Waals surface area contributed by atoms with Crippen molar-refractivity contribution in [3.8, 4) is 17.2 Å². The molecule has 7 heteroatoms. The molecule has 0 saturated heterocycles. The number of amides is 1. The normalized spacial score (nSPS) is 13.8. The molecule has 0 bridgehead atoms. The van der Waals surface area contributed by atoms with Crippen molar-refractivity contribution in [2.75, 3.05) is 20.3 Å². The second-order valence-electron chi connectivity index (χ2n) is 7.36. The maximum atomic E-state index is 11.9. The molecule has 29 heavy (non-hydrogen) atoms. The van der Waals surface area contributed by atoms with E-state index in [0.29, 0.717) is 18.0 Å². The number of carbonyl (C=O) groups is 2. The van der Waals surface area contributed by atoms with Gasteiger partial charge in [-0.05, 0) is 37.6 Å². The molecule has 2 aromatic carbocycles. The summed E-state index contributed by atoms with van der Waals surface area (Å²) in [7, 11) is 1.59. The highest BCUT2D eigenvalue weighted by molar-refractivity contribution is 5.80. The number of fused-ring (bicyclic) bond motifs is 1. The van der Waals surface area contributed by atoms with Crippen LogP contribution >= 0.6 is 0 Å². The summed E-state index contributed by atoms with van der Waals surface area (Å²) >= 11 is 0. The first kappa shape index (κ1) is 20.5. The van der Waals surface area contributed by atoms with E-state index in [1.807, 2.05) is 50.2 Å². The molecule has 3 rings (SSSR count). The minimum absolute atomic E-state index is 0.300. The monoisotopic (exact) mass is 399 g/mol. The summed E-state index contributed by atoms with van der Waals surface area (Å²) in [6.45, 7) is 3.66. The first-order valence-corrected chi connectivity index (χ1v) is 9.35. The van der Waals surface area contributed by atoms with Crippen molar-refractivity contribution in [1.29, 1.82) is 0 Å². The van der Waals surface area contributed by atoms with Crippen molar-refractivity contribution in [3.05, 3.63) is 53.6 Å². The molecule has 0 radical (unpaired) electrons. The number of benzene rings is 2. The van der Waals surface area contributed by atoms with Crippen molar-refractivity contribution >= 4 is 11.9 Å². The molecule has 0 atom stereocenters. The number of para-hydroxylation sites is 1. The van der Waals surface area contributed by atoms with Crippen molar-refractivity contribution in [1.82, 2.24) is 5.32 Å². The molecule has 0 spiro atoms. The Morgan fingerprint density at radius 3 is 2.59 bits per heavy atom. The lowest BCUT2D eigenvalue weighted by Crippen LogP contribution is -2.29. The zero-order chi connectivity index (χ0) is 20.9. The molecule has 1 aliphatic heterocycles. The van der Waals surface area contributed by atoms with Gasteiger partial charge in [0.1, 0.15) is 11.4 Å². The highest BCUT2D eigenvalue weighted by Gasteiger charge is 2.32. The fourth-order valence-electron chi connectivity index (χ4n) is 3.02. The van der Waals surface area contributed by atoms with Crippen LogP contribution in [0.3, 0.4) is 0 Å². The molecule has 1 amide bonds. The Labute approximate surface area is 169 Å². The van der Waals surface area contributed by atoms with Crippen LogP contribution in [0.1, 0.15) is 25.0 Å². The molecule has 0 fully saturated rings. The molecule has 1 heterocycles. The van der Waals surface area contributed by atoms with Gasteiger partial charge in [-0.3, -0.25) is 4.79 Å². The smallest absolute Gasteiger partial charge is 0.344 e. The highest BCUT2D eigenvalue weighted by atomic mass is 16.6. The fourth-order valence-corrected chi connectivity index (χ4v) is 3.02. The number of hydrogen-bond acceptors (Lipinski definition) is 6. The van der Waals surface area contributed by atoms with Crippen LogP contribution in [-0.4, -0.2) is 37.8 Å². The lowest BCUT2D eigenvalue weighted by atomic mass is 10.0. The van der Waals surface area contributed by atoms with Gasteiger partial charge < -0.3 is 24.3 Å². The van der Waals surface area contributed by atoms with Gasteiger partial charge in [-0.25, -0.2) is 4.79 Å². The molecular formula is C22H25NO6. The lowest BCUT2D eigenvalue weighted by Gasteiger charge is -2.18. The third-order valence-corrected chi connectivity index (χ3v) is 4.41. The van der Waals surface area contributed by atoms with Crippen LogP contribution in [0, 0.1) is 0 Å². The van der Waals surface area contributed by atoms with Gasteiger partial charge in [0.05, 0.1) is 7.11 Å². The van der Waals surface area contributed by atoms with E-state index in [9.17, 15) is 9.59 Å². The zero-order valence-corrected chi connectivity index (χ0v) is 16.8. The Bertz CT molecular complexity index is 875. The Kier molecular flexibility index (Phi) is 6.26. The van der Waals surface area contributed by atoms with Crippen LogP contribution in [0.2, 0.25) is 0 Å². The summed E-state index contributed by atoms with van der Waals surface area (Å²) in [6.07, 6.45) is 0.776. The number of hydrogen-bond donors (Lipinski definition) is 1. The van der Waals surface area contributed by atoms with E-state index < -0.39 is 5.97 Å². The summed E-state index contributed by atoms with van der Waals surface area (Å²) in [5.41, 5.74) is 1.65. The third-order valence-electron chi connectivity index (χ3n) is 4.41. The average Bonchev–Trinajstić information content (AvgIpc) is 3.03. The summed E-state index contributed by atoms with van der Waals surface area (Å²) in [5.74, 6) is 0.878. The number of ether oxygens (including phenoxy) is 4. The molecule has 0 aromatic heterocycles. The molecule has 0 unspecified atom stereocenters. The van der Waals surface area contributed by atoms with E-state index in [0.717, 1.165) is 23.3 Å². The predicted octanol–water partition coefficient (Wildman–Crippen LogP) is 2.65.